The summed E-state index contributed by atoms with van der Waals surface area (Å²) < 4.78 is 25.3. The predicted octanol–water partition coefficient (Wildman–Crippen LogP) is 3.06. The van der Waals surface area contributed by atoms with Gasteiger partial charge in [-0.05, 0) is 24.6 Å². The molecule has 104 valence electrons. The van der Waals surface area contributed by atoms with Gasteiger partial charge in [0.15, 0.2) is 0 Å². The van der Waals surface area contributed by atoms with Crippen LogP contribution in [-0.4, -0.2) is 8.42 Å². The lowest BCUT2D eigenvalue weighted by Gasteiger charge is -2.16. The fourth-order valence-corrected chi connectivity index (χ4v) is 3.63. The van der Waals surface area contributed by atoms with Crippen LogP contribution in [0.15, 0.2) is 76.5 Å². The standard InChI is InChI=1S/C16H17NO2S/c1-2-15(16(17)13-9-5-3-6-10-13)20(18,19)14-11-7-4-8-12-14/h2-12,16H,17H2,1H3/b15-2-/t16-/m1/s1. The van der Waals surface area contributed by atoms with Crippen molar-refractivity contribution < 1.29 is 8.42 Å². The zero-order valence-corrected chi connectivity index (χ0v) is 12.0. The van der Waals surface area contributed by atoms with Crippen molar-refractivity contribution in [3.63, 3.8) is 0 Å². The van der Waals surface area contributed by atoms with Gasteiger partial charge in [0, 0.05) is 0 Å². The molecule has 0 unspecified atom stereocenters. The highest BCUT2D eigenvalue weighted by Crippen LogP contribution is 2.28. The second-order valence-electron chi connectivity index (χ2n) is 4.40. The van der Waals surface area contributed by atoms with Gasteiger partial charge in [-0.1, -0.05) is 54.6 Å². The van der Waals surface area contributed by atoms with Gasteiger partial charge in [-0.15, -0.1) is 0 Å². The SMILES string of the molecule is C/C=C(/[C@H](N)c1ccccc1)S(=O)(=O)c1ccccc1. The lowest BCUT2D eigenvalue weighted by molar-refractivity contribution is 0.598. The van der Waals surface area contributed by atoms with E-state index in [2.05, 4.69) is 0 Å². The lowest BCUT2D eigenvalue weighted by Crippen LogP contribution is -2.19. The average molecular weight is 287 g/mol. The lowest BCUT2D eigenvalue weighted by atomic mass is 10.1. The Balaban J connectivity index is 2.44. The molecule has 0 fully saturated rings. The molecular formula is C16H17NO2S. The van der Waals surface area contributed by atoms with Crippen molar-refractivity contribution in [3.05, 3.63) is 77.2 Å². The highest BCUT2D eigenvalue weighted by molar-refractivity contribution is 7.95. The summed E-state index contributed by atoms with van der Waals surface area (Å²) >= 11 is 0. The highest BCUT2D eigenvalue weighted by atomic mass is 32.2. The molecule has 0 spiro atoms. The Labute approximate surface area is 119 Å². The highest BCUT2D eigenvalue weighted by Gasteiger charge is 2.25. The van der Waals surface area contributed by atoms with Crippen molar-refractivity contribution in [2.24, 2.45) is 5.73 Å². The molecule has 0 aliphatic heterocycles. The zero-order chi connectivity index (χ0) is 14.6. The van der Waals surface area contributed by atoms with E-state index in [0.717, 1.165) is 5.56 Å². The summed E-state index contributed by atoms with van der Waals surface area (Å²) in [6.45, 7) is 1.69. The second-order valence-corrected chi connectivity index (χ2v) is 6.35. The average Bonchev–Trinajstić information content (AvgIpc) is 2.49. The van der Waals surface area contributed by atoms with Gasteiger partial charge in [0.05, 0.1) is 15.8 Å². The van der Waals surface area contributed by atoms with Crippen molar-refractivity contribution in [2.75, 3.05) is 0 Å². The summed E-state index contributed by atoms with van der Waals surface area (Å²) in [7, 11) is -3.56. The number of hydrogen-bond donors (Lipinski definition) is 1. The van der Waals surface area contributed by atoms with E-state index in [1.165, 1.54) is 0 Å². The summed E-state index contributed by atoms with van der Waals surface area (Å²) in [5, 5.41) is 0. The van der Waals surface area contributed by atoms with Crippen LogP contribution in [0.5, 0.6) is 0 Å². The Kier molecular flexibility index (Phi) is 4.37. The van der Waals surface area contributed by atoms with Crippen LogP contribution in [-0.2, 0) is 9.84 Å². The summed E-state index contributed by atoms with van der Waals surface area (Å²) in [5.41, 5.74) is 6.90. The number of nitrogens with two attached hydrogens (primary N) is 1. The first-order chi connectivity index (χ1) is 9.57. The molecule has 2 aromatic carbocycles. The van der Waals surface area contributed by atoms with E-state index in [9.17, 15) is 8.42 Å². The van der Waals surface area contributed by atoms with Crippen LogP contribution in [0.3, 0.4) is 0 Å². The van der Waals surface area contributed by atoms with E-state index >= 15 is 0 Å². The van der Waals surface area contributed by atoms with Gasteiger partial charge in [0.1, 0.15) is 0 Å². The van der Waals surface area contributed by atoms with Crippen molar-refractivity contribution in [2.45, 2.75) is 17.9 Å². The first-order valence-electron chi connectivity index (χ1n) is 6.34. The Hall–Kier alpha value is -1.91. The quantitative estimate of drug-likeness (QED) is 0.940. The molecule has 0 radical (unpaired) electrons. The van der Waals surface area contributed by atoms with Gasteiger partial charge in [-0.2, -0.15) is 0 Å². The number of sulfone groups is 1. The molecule has 0 saturated heterocycles. The molecule has 2 N–H and O–H groups in total. The Morgan fingerprint density at radius 3 is 2.00 bits per heavy atom. The predicted molar refractivity (Wildman–Crippen MR) is 80.8 cm³/mol. The van der Waals surface area contributed by atoms with E-state index in [-0.39, 0.29) is 9.80 Å². The maximum Gasteiger partial charge on any atom is 0.204 e. The number of rotatable bonds is 4. The maximum atomic E-state index is 12.6. The van der Waals surface area contributed by atoms with Gasteiger partial charge in [0.25, 0.3) is 0 Å². The van der Waals surface area contributed by atoms with Gasteiger partial charge in [0.2, 0.25) is 9.84 Å². The Morgan fingerprint density at radius 1 is 1.00 bits per heavy atom. The van der Waals surface area contributed by atoms with Gasteiger partial charge < -0.3 is 5.73 Å². The molecular weight excluding hydrogens is 270 g/mol. The van der Waals surface area contributed by atoms with E-state index in [1.54, 1.807) is 43.3 Å². The molecule has 0 heterocycles. The van der Waals surface area contributed by atoms with Crippen LogP contribution in [0.4, 0.5) is 0 Å². The summed E-state index contributed by atoms with van der Waals surface area (Å²) in [4.78, 5) is 0.481. The molecule has 0 aliphatic rings. The molecule has 0 saturated carbocycles. The van der Waals surface area contributed by atoms with E-state index in [0.29, 0.717) is 0 Å². The third-order valence-corrected chi connectivity index (χ3v) is 5.12. The van der Waals surface area contributed by atoms with Crippen LogP contribution < -0.4 is 5.73 Å². The normalized spacial score (nSPS) is 14.0. The van der Waals surface area contributed by atoms with E-state index < -0.39 is 15.9 Å². The maximum absolute atomic E-state index is 12.6. The van der Waals surface area contributed by atoms with Gasteiger partial charge in [-0.25, -0.2) is 8.42 Å². The topological polar surface area (TPSA) is 60.2 Å². The number of benzene rings is 2. The first kappa shape index (κ1) is 14.5. The molecule has 2 aromatic rings. The van der Waals surface area contributed by atoms with E-state index in [4.69, 9.17) is 5.73 Å². The monoisotopic (exact) mass is 287 g/mol. The van der Waals surface area contributed by atoms with Crippen LogP contribution in [0, 0.1) is 0 Å². The minimum Gasteiger partial charge on any atom is -0.320 e. The number of allylic oxidation sites excluding steroid dienone is 1. The van der Waals surface area contributed by atoms with Crippen LogP contribution in [0.2, 0.25) is 0 Å². The molecule has 20 heavy (non-hydrogen) atoms. The van der Waals surface area contributed by atoms with Gasteiger partial charge in [-0.3, -0.25) is 0 Å². The van der Waals surface area contributed by atoms with Crippen molar-refractivity contribution in [1.29, 1.82) is 0 Å². The molecule has 1 atom stereocenters. The third kappa shape index (κ3) is 2.81. The van der Waals surface area contributed by atoms with Crippen molar-refractivity contribution in [3.8, 4) is 0 Å². The summed E-state index contributed by atoms with van der Waals surface area (Å²) in [6, 6.07) is 16.9. The molecule has 4 heteroatoms. The van der Waals surface area contributed by atoms with Crippen LogP contribution in [0.1, 0.15) is 18.5 Å². The molecule has 3 nitrogen and oxygen atoms in total. The third-order valence-electron chi connectivity index (χ3n) is 3.11. The minimum absolute atomic E-state index is 0.218. The van der Waals surface area contributed by atoms with E-state index in [1.807, 2.05) is 30.3 Å². The van der Waals surface area contributed by atoms with Crippen LogP contribution in [0.25, 0.3) is 0 Å². The molecule has 2 rings (SSSR count). The molecule has 0 bridgehead atoms. The minimum atomic E-state index is -3.56. The fraction of sp³-hybridized carbons (Fsp3) is 0.125. The molecule has 0 aromatic heterocycles. The Bertz CT molecular complexity index is 692. The largest absolute Gasteiger partial charge is 0.320 e. The molecule has 0 aliphatic carbocycles. The number of hydrogen-bond acceptors (Lipinski definition) is 3. The second kappa shape index (κ2) is 6.03. The first-order valence-corrected chi connectivity index (χ1v) is 7.82. The van der Waals surface area contributed by atoms with Crippen molar-refractivity contribution >= 4 is 9.84 Å². The zero-order valence-electron chi connectivity index (χ0n) is 11.2. The molecule has 0 amide bonds. The Morgan fingerprint density at radius 2 is 1.50 bits per heavy atom. The summed E-state index contributed by atoms with van der Waals surface area (Å²) in [5.74, 6) is 0. The smallest absolute Gasteiger partial charge is 0.204 e. The van der Waals surface area contributed by atoms with Crippen LogP contribution >= 0.6 is 0 Å². The fourth-order valence-electron chi connectivity index (χ4n) is 2.06. The van der Waals surface area contributed by atoms with Gasteiger partial charge >= 0.3 is 0 Å². The van der Waals surface area contributed by atoms with Crippen molar-refractivity contribution in [1.82, 2.24) is 0 Å². The summed E-state index contributed by atoms with van der Waals surface area (Å²) in [6.07, 6.45) is 1.57.